The van der Waals surface area contributed by atoms with Crippen molar-refractivity contribution in [2.24, 2.45) is 0 Å². The Labute approximate surface area is 151 Å². The van der Waals surface area contributed by atoms with Crippen LogP contribution in [0.5, 0.6) is 0 Å². The maximum absolute atomic E-state index is 14.4. The maximum Gasteiger partial charge on any atom is 0.137 e. The Kier molecular flexibility index (Phi) is 5.11. The lowest BCUT2D eigenvalue weighted by atomic mass is 9.90. The number of nitrogens with zero attached hydrogens (tertiary/aromatic N) is 5. The molecule has 3 rings (SSSR count). The molecule has 0 fully saturated rings. The SMILES string of the molecule is Cc1nnsc1S[C@H](C)[C@](O)(Cn1cncn1)c1ccc(F)cc1F. The van der Waals surface area contributed by atoms with Gasteiger partial charge in [-0.25, -0.2) is 18.4 Å². The molecule has 1 N–H and O–H groups in total. The van der Waals surface area contributed by atoms with Gasteiger partial charge >= 0.3 is 0 Å². The largest absolute Gasteiger partial charge is 0.382 e. The van der Waals surface area contributed by atoms with Crippen LogP contribution in [0.3, 0.4) is 0 Å². The summed E-state index contributed by atoms with van der Waals surface area (Å²) in [6, 6.07) is 3.15. The highest BCUT2D eigenvalue weighted by Crippen LogP contribution is 2.40. The van der Waals surface area contributed by atoms with Crippen LogP contribution in [0.25, 0.3) is 0 Å². The topological polar surface area (TPSA) is 76.7 Å². The van der Waals surface area contributed by atoms with E-state index in [2.05, 4.69) is 19.7 Å². The quantitative estimate of drug-likeness (QED) is 0.660. The van der Waals surface area contributed by atoms with Crippen LogP contribution in [0.4, 0.5) is 8.78 Å². The van der Waals surface area contributed by atoms with E-state index in [-0.39, 0.29) is 12.1 Å². The number of benzene rings is 1. The predicted octanol–water partition coefficient (Wildman–Crippen LogP) is 2.78. The van der Waals surface area contributed by atoms with E-state index in [1.165, 1.54) is 46.7 Å². The molecule has 3 aromatic rings. The van der Waals surface area contributed by atoms with Crippen molar-refractivity contribution >= 4 is 23.3 Å². The van der Waals surface area contributed by atoms with Crippen molar-refractivity contribution in [2.45, 2.75) is 35.5 Å². The highest BCUT2D eigenvalue weighted by atomic mass is 32.2. The summed E-state index contributed by atoms with van der Waals surface area (Å²) in [7, 11) is 0. The summed E-state index contributed by atoms with van der Waals surface area (Å²) < 4.78 is 33.8. The number of hydrogen-bond acceptors (Lipinski definition) is 7. The van der Waals surface area contributed by atoms with E-state index in [4.69, 9.17) is 0 Å². The van der Waals surface area contributed by atoms with E-state index in [0.717, 1.165) is 22.0 Å². The third-order valence-electron chi connectivity index (χ3n) is 3.83. The Morgan fingerprint density at radius 1 is 1.40 bits per heavy atom. The smallest absolute Gasteiger partial charge is 0.137 e. The molecule has 2 heterocycles. The lowest BCUT2D eigenvalue weighted by Crippen LogP contribution is -2.41. The molecule has 25 heavy (non-hydrogen) atoms. The number of halogens is 2. The van der Waals surface area contributed by atoms with Gasteiger partial charge in [-0.2, -0.15) is 5.10 Å². The lowest BCUT2D eigenvalue weighted by molar-refractivity contribution is 0.0133. The van der Waals surface area contributed by atoms with Crippen LogP contribution in [0, 0.1) is 18.6 Å². The molecule has 0 aliphatic carbocycles. The number of aryl methyl sites for hydroxylation is 1. The number of rotatable bonds is 6. The van der Waals surface area contributed by atoms with Gasteiger partial charge in [0.05, 0.1) is 12.2 Å². The summed E-state index contributed by atoms with van der Waals surface area (Å²) in [6.07, 6.45) is 2.76. The summed E-state index contributed by atoms with van der Waals surface area (Å²) in [5.41, 5.74) is -0.906. The van der Waals surface area contributed by atoms with E-state index in [9.17, 15) is 13.9 Å². The predicted molar refractivity (Wildman–Crippen MR) is 90.2 cm³/mol. The molecule has 10 heteroatoms. The van der Waals surface area contributed by atoms with Crippen LogP contribution in [0.15, 0.2) is 35.1 Å². The van der Waals surface area contributed by atoms with Crippen molar-refractivity contribution in [1.82, 2.24) is 24.4 Å². The van der Waals surface area contributed by atoms with E-state index in [1.54, 1.807) is 6.92 Å². The zero-order valence-corrected chi connectivity index (χ0v) is 15.1. The van der Waals surface area contributed by atoms with Crippen molar-refractivity contribution in [3.63, 3.8) is 0 Å². The molecule has 1 aromatic carbocycles. The van der Waals surface area contributed by atoms with Crippen LogP contribution in [0.2, 0.25) is 0 Å². The molecule has 6 nitrogen and oxygen atoms in total. The Hall–Kier alpha value is -1.91. The van der Waals surface area contributed by atoms with Crippen molar-refractivity contribution in [1.29, 1.82) is 0 Å². The first-order valence-electron chi connectivity index (χ1n) is 7.36. The van der Waals surface area contributed by atoms with Crippen molar-refractivity contribution in [3.05, 3.63) is 53.7 Å². The fourth-order valence-electron chi connectivity index (χ4n) is 2.43. The van der Waals surface area contributed by atoms with E-state index < -0.39 is 22.5 Å². The average molecular weight is 383 g/mol. The molecular formula is C15H15F2N5OS2. The molecular weight excluding hydrogens is 368 g/mol. The molecule has 2 aromatic heterocycles. The van der Waals surface area contributed by atoms with Gasteiger partial charge in [0.2, 0.25) is 0 Å². The Bertz CT molecular complexity index is 857. The van der Waals surface area contributed by atoms with Gasteiger partial charge in [-0.15, -0.1) is 16.9 Å². The second kappa shape index (κ2) is 7.14. The molecule has 0 aliphatic heterocycles. The third-order valence-corrected chi connectivity index (χ3v) is 6.22. The molecule has 0 bridgehead atoms. The average Bonchev–Trinajstić information content (AvgIpc) is 3.19. The van der Waals surface area contributed by atoms with Gasteiger partial charge in [0.25, 0.3) is 0 Å². The first kappa shape index (κ1) is 17.9. The fraction of sp³-hybridized carbons (Fsp3) is 0.333. The van der Waals surface area contributed by atoms with Crippen LogP contribution in [-0.4, -0.2) is 34.7 Å². The summed E-state index contributed by atoms with van der Waals surface area (Å²) in [5, 5.41) is 18.8. The van der Waals surface area contributed by atoms with Gasteiger partial charge < -0.3 is 5.11 Å². The molecule has 0 aliphatic rings. The molecule has 0 radical (unpaired) electrons. The molecule has 0 amide bonds. The normalized spacial score (nSPS) is 15.1. The van der Waals surface area contributed by atoms with Gasteiger partial charge in [-0.3, -0.25) is 0 Å². The Balaban J connectivity index is 2.00. The van der Waals surface area contributed by atoms with Crippen LogP contribution < -0.4 is 0 Å². The number of aliphatic hydroxyl groups is 1. The molecule has 0 spiro atoms. The first-order valence-corrected chi connectivity index (χ1v) is 9.01. The summed E-state index contributed by atoms with van der Waals surface area (Å²) in [5.74, 6) is -1.51. The Morgan fingerprint density at radius 3 is 2.80 bits per heavy atom. The number of hydrogen-bond donors (Lipinski definition) is 1. The van der Waals surface area contributed by atoms with Gasteiger partial charge in [0.15, 0.2) is 0 Å². The summed E-state index contributed by atoms with van der Waals surface area (Å²) in [6.45, 7) is 3.55. The van der Waals surface area contributed by atoms with Gasteiger partial charge in [0, 0.05) is 16.9 Å². The monoisotopic (exact) mass is 383 g/mol. The number of thioether (sulfide) groups is 1. The molecule has 0 unspecified atom stereocenters. The van der Waals surface area contributed by atoms with Crippen LogP contribution >= 0.6 is 23.3 Å². The molecule has 0 saturated heterocycles. The Morgan fingerprint density at radius 2 is 2.20 bits per heavy atom. The maximum atomic E-state index is 14.4. The zero-order valence-electron chi connectivity index (χ0n) is 13.4. The summed E-state index contributed by atoms with van der Waals surface area (Å²) in [4.78, 5) is 3.85. The number of aromatic nitrogens is 5. The standard InChI is InChI=1S/C15H15F2N5OS2/c1-9-14(25-21-20-9)24-10(2)15(23,6-22-8-18-7-19-22)12-4-3-11(16)5-13(12)17/h3-5,7-8,10,23H,6H2,1-2H3/t10-,15-/m1/s1. The van der Waals surface area contributed by atoms with E-state index in [0.29, 0.717) is 0 Å². The van der Waals surface area contributed by atoms with Gasteiger partial charge in [-0.05, 0) is 31.4 Å². The van der Waals surface area contributed by atoms with E-state index in [1.807, 2.05) is 6.92 Å². The van der Waals surface area contributed by atoms with Crippen molar-refractivity contribution in [3.8, 4) is 0 Å². The highest BCUT2D eigenvalue weighted by Gasteiger charge is 2.40. The van der Waals surface area contributed by atoms with E-state index >= 15 is 0 Å². The van der Waals surface area contributed by atoms with Crippen molar-refractivity contribution < 1.29 is 13.9 Å². The molecule has 0 saturated carbocycles. The zero-order chi connectivity index (χ0) is 18.0. The van der Waals surface area contributed by atoms with Crippen molar-refractivity contribution in [2.75, 3.05) is 0 Å². The highest BCUT2D eigenvalue weighted by molar-refractivity contribution is 8.01. The molecule has 132 valence electrons. The molecule has 2 atom stereocenters. The minimum absolute atomic E-state index is 0.000437. The van der Waals surface area contributed by atoms with Gasteiger partial charge in [0.1, 0.15) is 34.1 Å². The third kappa shape index (κ3) is 3.70. The minimum atomic E-state index is -1.65. The first-order chi connectivity index (χ1) is 11.9. The fourth-order valence-corrected chi connectivity index (χ4v) is 4.47. The second-order valence-corrected chi connectivity index (χ2v) is 7.91. The van der Waals surface area contributed by atoms with Crippen LogP contribution in [-0.2, 0) is 12.1 Å². The van der Waals surface area contributed by atoms with Gasteiger partial charge in [-0.1, -0.05) is 10.6 Å². The summed E-state index contributed by atoms with van der Waals surface area (Å²) >= 11 is 2.54. The lowest BCUT2D eigenvalue weighted by Gasteiger charge is -2.34. The minimum Gasteiger partial charge on any atom is -0.382 e. The van der Waals surface area contributed by atoms with Crippen LogP contribution in [0.1, 0.15) is 18.2 Å². The second-order valence-electron chi connectivity index (χ2n) is 5.55.